The van der Waals surface area contributed by atoms with E-state index in [-0.39, 0.29) is 18.3 Å². The van der Waals surface area contributed by atoms with Gasteiger partial charge in [0.15, 0.2) is 0 Å². The number of nitrogens with zero attached hydrogens (tertiary/aromatic N) is 1. The van der Waals surface area contributed by atoms with Crippen LogP contribution in [0.25, 0.3) is 0 Å². The zero-order chi connectivity index (χ0) is 12.7. The smallest absolute Gasteiger partial charge is 0.233 e. The second-order valence-corrected chi connectivity index (χ2v) is 3.92. The molecule has 0 aliphatic rings. The molecule has 0 aromatic heterocycles. The van der Waals surface area contributed by atoms with Crippen molar-refractivity contribution in [1.82, 2.24) is 10.2 Å². The lowest BCUT2D eigenvalue weighted by Gasteiger charge is -2.16. The summed E-state index contributed by atoms with van der Waals surface area (Å²) in [4.78, 5) is 12.9. The van der Waals surface area contributed by atoms with Gasteiger partial charge in [0.05, 0.1) is 6.54 Å². The second-order valence-electron chi connectivity index (χ2n) is 3.92. The molecule has 0 spiro atoms. The first kappa shape index (κ1) is 13.6. The lowest BCUT2D eigenvalue weighted by atomic mass is 10.2. The molecular weight excluding hydrogens is 221 g/mol. The molecule has 1 aromatic rings. The summed E-state index contributed by atoms with van der Waals surface area (Å²) in [7, 11) is 1.94. The molecule has 0 unspecified atom stereocenters. The molecule has 94 valence electrons. The fourth-order valence-corrected chi connectivity index (χ4v) is 1.44. The molecule has 3 N–H and O–H groups in total. The van der Waals surface area contributed by atoms with Crippen LogP contribution in [-0.4, -0.2) is 37.5 Å². The van der Waals surface area contributed by atoms with Gasteiger partial charge in [-0.15, -0.1) is 0 Å². The molecule has 0 saturated carbocycles. The monoisotopic (exact) mass is 239 g/mol. The van der Waals surface area contributed by atoms with Gasteiger partial charge in [0, 0.05) is 19.6 Å². The standard InChI is InChI=1S/C12H18FN3O/c1-16(7-6-15-12(17)8-14)9-10-2-4-11(13)5-3-10/h2-5H,6-9,14H2,1H3,(H,15,17). The van der Waals surface area contributed by atoms with Crippen molar-refractivity contribution in [3.63, 3.8) is 0 Å². The van der Waals surface area contributed by atoms with E-state index in [2.05, 4.69) is 5.32 Å². The number of nitrogens with two attached hydrogens (primary N) is 1. The summed E-state index contributed by atoms with van der Waals surface area (Å²) in [6.45, 7) is 2.03. The number of carbonyl (C=O) groups is 1. The Kier molecular flexibility index (Phi) is 5.59. The van der Waals surface area contributed by atoms with Crippen LogP contribution in [0.4, 0.5) is 4.39 Å². The van der Waals surface area contributed by atoms with Crippen molar-refractivity contribution in [2.24, 2.45) is 5.73 Å². The number of rotatable bonds is 6. The molecule has 0 aliphatic carbocycles. The van der Waals surface area contributed by atoms with Gasteiger partial charge >= 0.3 is 0 Å². The molecule has 0 radical (unpaired) electrons. The summed E-state index contributed by atoms with van der Waals surface area (Å²) in [5.74, 6) is -0.383. The second kappa shape index (κ2) is 6.98. The first-order chi connectivity index (χ1) is 8.11. The van der Waals surface area contributed by atoms with E-state index in [0.717, 1.165) is 18.7 Å². The van der Waals surface area contributed by atoms with Crippen LogP contribution in [-0.2, 0) is 11.3 Å². The summed E-state index contributed by atoms with van der Waals surface area (Å²) in [5.41, 5.74) is 6.21. The Bertz CT molecular complexity index is 353. The van der Waals surface area contributed by atoms with Crippen LogP contribution in [0.5, 0.6) is 0 Å². The van der Waals surface area contributed by atoms with Gasteiger partial charge in [-0.2, -0.15) is 0 Å². The molecule has 1 aromatic carbocycles. The normalized spacial score (nSPS) is 10.6. The van der Waals surface area contributed by atoms with Gasteiger partial charge in [0.25, 0.3) is 0 Å². The van der Waals surface area contributed by atoms with Crippen LogP contribution in [0.3, 0.4) is 0 Å². The van der Waals surface area contributed by atoms with Crippen LogP contribution in [0.1, 0.15) is 5.56 Å². The zero-order valence-corrected chi connectivity index (χ0v) is 9.95. The Labute approximate surface area is 101 Å². The highest BCUT2D eigenvalue weighted by molar-refractivity contribution is 5.77. The molecule has 5 heteroatoms. The minimum Gasteiger partial charge on any atom is -0.354 e. The molecule has 0 aliphatic heterocycles. The molecule has 4 nitrogen and oxygen atoms in total. The zero-order valence-electron chi connectivity index (χ0n) is 9.95. The highest BCUT2D eigenvalue weighted by Crippen LogP contribution is 2.04. The maximum absolute atomic E-state index is 12.7. The Hall–Kier alpha value is -1.46. The van der Waals surface area contributed by atoms with E-state index in [9.17, 15) is 9.18 Å². The fraction of sp³-hybridized carbons (Fsp3) is 0.417. The van der Waals surface area contributed by atoms with Crippen molar-refractivity contribution in [2.75, 3.05) is 26.7 Å². The molecular formula is C12H18FN3O. The highest BCUT2D eigenvalue weighted by Gasteiger charge is 2.01. The molecule has 1 amide bonds. The van der Waals surface area contributed by atoms with Gasteiger partial charge in [-0.1, -0.05) is 12.1 Å². The topological polar surface area (TPSA) is 58.4 Å². The molecule has 0 saturated heterocycles. The van der Waals surface area contributed by atoms with Crippen molar-refractivity contribution in [3.8, 4) is 0 Å². The number of hydrogen-bond donors (Lipinski definition) is 2. The van der Waals surface area contributed by atoms with Gasteiger partial charge in [-0.05, 0) is 24.7 Å². The molecule has 0 heterocycles. The van der Waals surface area contributed by atoms with Crippen molar-refractivity contribution in [1.29, 1.82) is 0 Å². The lowest BCUT2D eigenvalue weighted by Crippen LogP contribution is -2.36. The minimum atomic E-state index is -0.230. The van der Waals surface area contributed by atoms with Crippen LogP contribution in [0, 0.1) is 5.82 Å². The van der Waals surface area contributed by atoms with E-state index in [4.69, 9.17) is 5.73 Å². The van der Waals surface area contributed by atoms with Gasteiger partial charge in [-0.3, -0.25) is 4.79 Å². The van der Waals surface area contributed by atoms with E-state index >= 15 is 0 Å². The number of likely N-dealkylation sites (N-methyl/N-ethyl adjacent to an activating group) is 1. The largest absolute Gasteiger partial charge is 0.354 e. The van der Waals surface area contributed by atoms with Crippen LogP contribution >= 0.6 is 0 Å². The average Bonchev–Trinajstić information content (AvgIpc) is 2.32. The average molecular weight is 239 g/mol. The van der Waals surface area contributed by atoms with Crippen LogP contribution in [0.2, 0.25) is 0 Å². The molecule has 17 heavy (non-hydrogen) atoms. The van der Waals surface area contributed by atoms with Crippen molar-refractivity contribution in [2.45, 2.75) is 6.54 Å². The molecule has 0 bridgehead atoms. The number of amides is 1. The third-order valence-corrected chi connectivity index (χ3v) is 2.37. The van der Waals surface area contributed by atoms with E-state index < -0.39 is 0 Å². The molecule has 0 atom stereocenters. The third kappa shape index (κ3) is 5.42. The summed E-state index contributed by atoms with van der Waals surface area (Å²) in [5, 5.41) is 2.69. The van der Waals surface area contributed by atoms with Gasteiger partial charge in [-0.25, -0.2) is 4.39 Å². The Morgan fingerprint density at radius 1 is 1.41 bits per heavy atom. The lowest BCUT2D eigenvalue weighted by molar-refractivity contribution is -0.119. The number of carbonyl (C=O) groups excluding carboxylic acids is 1. The summed E-state index contributed by atoms with van der Waals surface area (Å²) < 4.78 is 12.7. The summed E-state index contributed by atoms with van der Waals surface area (Å²) in [6.07, 6.45) is 0. The van der Waals surface area contributed by atoms with Crippen molar-refractivity contribution < 1.29 is 9.18 Å². The van der Waals surface area contributed by atoms with E-state index in [1.165, 1.54) is 12.1 Å². The summed E-state index contributed by atoms with van der Waals surface area (Å²) >= 11 is 0. The highest BCUT2D eigenvalue weighted by atomic mass is 19.1. The number of halogens is 1. The maximum Gasteiger partial charge on any atom is 0.233 e. The Morgan fingerprint density at radius 2 is 2.06 bits per heavy atom. The quantitative estimate of drug-likeness (QED) is 0.752. The number of hydrogen-bond acceptors (Lipinski definition) is 3. The SMILES string of the molecule is CN(CCNC(=O)CN)Cc1ccc(F)cc1. The van der Waals surface area contributed by atoms with Gasteiger partial charge in [0.1, 0.15) is 5.82 Å². The number of nitrogens with one attached hydrogen (secondary N) is 1. The minimum absolute atomic E-state index is 0.0156. The van der Waals surface area contributed by atoms with Gasteiger partial charge < -0.3 is 16.0 Å². The number of benzene rings is 1. The van der Waals surface area contributed by atoms with E-state index in [0.29, 0.717) is 6.54 Å². The van der Waals surface area contributed by atoms with Crippen LogP contribution < -0.4 is 11.1 Å². The fourth-order valence-electron chi connectivity index (χ4n) is 1.44. The summed E-state index contributed by atoms with van der Waals surface area (Å²) in [6, 6.07) is 6.40. The third-order valence-electron chi connectivity index (χ3n) is 2.37. The Balaban J connectivity index is 2.27. The van der Waals surface area contributed by atoms with Crippen molar-refractivity contribution >= 4 is 5.91 Å². The molecule has 0 fully saturated rings. The molecule has 1 rings (SSSR count). The maximum atomic E-state index is 12.7. The predicted molar refractivity (Wildman–Crippen MR) is 64.8 cm³/mol. The van der Waals surface area contributed by atoms with Crippen molar-refractivity contribution in [3.05, 3.63) is 35.6 Å². The van der Waals surface area contributed by atoms with E-state index in [1.807, 2.05) is 11.9 Å². The Morgan fingerprint density at radius 3 is 2.65 bits per heavy atom. The predicted octanol–water partition coefficient (Wildman–Crippen LogP) is 0.332. The first-order valence-corrected chi connectivity index (χ1v) is 5.51. The van der Waals surface area contributed by atoms with Crippen LogP contribution in [0.15, 0.2) is 24.3 Å². The van der Waals surface area contributed by atoms with E-state index in [1.54, 1.807) is 12.1 Å². The first-order valence-electron chi connectivity index (χ1n) is 5.51. The van der Waals surface area contributed by atoms with Gasteiger partial charge in [0.2, 0.25) is 5.91 Å².